The molecule has 0 unspecified atom stereocenters. The van der Waals surface area contributed by atoms with E-state index in [-0.39, 0.29) is 5.91 Å². The molecule has 0 bridgehead atoms. The standard InChI is InChI=1S/C25H30BrN5OS/c1-31-12-9-16(10-13-31)4-3-11-27-25-28-15-20(26)23(30-25)22-14-19-18(5-2-6-21(19)33-22)24(32)29-17-7-8-17/h2,5-6,14-17H,3-4,7-13H2,1H3,(H,29,32)(H,27,28,30). The Morgan fingerprint density at radius 3 is 2.85 bits per heavy atom. The van der Waals surface area contributed by atoms with Crippen LogP contribution in [-0.2, 0) is 0 Å². The van der Waals surface area contributed by atoms with E-state index in [2.05, 4.69) is 55.6 Å². The number of likely N-dealkylation sites (tertiary alicyclic amines) is 1. The van der Waals surface area contributed by atoms with E-state index >= 15 is 0 Å². The number of hydrogen-bond donors (Lipinski definition) is 2. The minimum atomic E-state index is 0.0150. The number of nitrogens with one attached hydrogen (secondary N) is 2. The highest BCUT2D eigenvalue weighted by Crippen LogP contribution is 2.37. The summed E-state index contributed by atoms with van der Waals surface area (Å²) in [6.45, 7) is 3.32. The van der Waals surface area contributed by atoms with Gasteiger partial charge >= 0.3 is 0 Å². The highest BCUT2D eigenvalue weighted by molar-refractivity contribution is 9.10. The predicted octanol–water partition coefficient (Wildman–Crippen LogP) is 5.55. The van der Waals surface area contributed by atoms with Gasteiger partial charge in [0.15, 0.2) is 0 Å². The van der Waals surface area contributed by atoms with E-state index < -0.39 is 0 Å². The van der Waals surface area contributed by atoms with Crippen molar-refractivity contribution in [2.24, 2.45) is 5.92 Å². The van der Waals surface area contributed by atoms with E-state index in [1.54, 1.807) is 11.3 Å². The maximum atomic E-state index is 12.7. The Morgan fingerprint density at radius 1 is 1.24 bits per heavy atom. The Bertz CT molecular complexity index is 1140. The molecule has 1 aliphatic heterocycles. The highest BCUT2D eigenvalue weighted by Gasteiger charge is 2.25. The monoisotopic (exact) mass is 527 g/mol. The summed E-state index contributed by atoms with van der Waals surface area (Å²) in [7, 11) is 2.21. The van der Waals surface area contributed by atoms with Crippen molar-refractivity contribution in [1.29, 1.82) is 0 Å². The van der Waals surface area contributed by atoms with Crippen molar-refractivity contribution in [2.75, 3.05) is 32.0 Å². The Morgan fingerprint density at radius 2 is 2.06 bits per heavy atom. The summed E-state index contributed by atoms with van der Waals surface area (Å²) >= 11 is 5.28. The quantitative estimate of drug-likeness (QED) is 0.376. The molecule has 8 heteroatoms. The summed E-state index contributed by atoms with van der Waals surface area (Å²) < 4.78 is 1.95. The van der Waals surface area contributed by atoms with Gasteiger partial charge in [0.2, 0.25) is 5.95 Å². The number of aromatic nitrogens is 2. The summed E-state index contributed by atoms with van der Waals surface area (Å²) in [6.07, 6.45) is 8.98. The third-order valence-corrected chi connectivity index (χ3v) is 8.29. The summed E-state index contributed by atoms with van der Waals surface area (Å²) in [4.78, 5) is 25.4. The maximum Gasteiger partial charge on any atom is 0.252 e. The largest absolute Gasteiger partial charge is 0.354 e. The summed E-state index contributed by atoms with van der Waals surface area (Å²) in [6, 6.07) is 8.35. The zero-order valence-electron chi connectivity index (χ0n) is 18.9. The first-order valence-corrected chi connectivity index (χ1v) is 13.5. The molecule has 1 saturated heterocycles. The molecule has 3 heterocycles. The van der Waals surface area contributed by atoms with Crippen molar-refractivity contribution in [3.05, 3.63) is 40.5 Å². The number of hydrogen-bond acceptors (Lipinski definition) is 6. The zero-order valence-corrected chi connectivity index (χ0v) is 21.3. The average Bonchev–Trinajstić information content (AvgIpc) is 3.52. The Labute approximate surface area is 207 Å². The molecule has 3 aromatic rings. The maximum absolute atomic E-state index is 12.7. The fourth-order valence-electron chi connectivity index (χ4n) is 4.43. The minimum absolute atomic E-state index is 0.0150. The van der Waals surface area contributed by atoms with Gasteiger partial charge in [-0.05, 0) is 98.7 Å². The van der Waals surface area contributed by atoms with Crippen LogP contribution in [0.25, 0.3) is 20.7 Å². The van der Waals surface area contributed by atoms with Gasteiger partial charge in [-0.3, -0.25) is 4.79 Å². The van der Waals surface area contributed by atoms with Crippen molar-refractivity contribution < 1.29 is 4.79 Å². The molecule has 1 saturated carbocycles. The van der Waals surface area contributed by atoms with Gasteiger partial charge in [-0.2, -0.15) is 0 Å². The van der Waals surface area contributed by atoms with Crippen LogP contribution in [0.2, 0.25) is 0 Å². The van der Waals surface area contributed by atoms with Crippen molar-refractivity contribution >= 4 is 49.2 Å². The zero-order chi connectivity index (χ0) is 22.8. The van der Waals surface area contributed by atoms with E-state index in [0.717, 1.165) is 62.4 Å². The molecular formula is C25H30BrN5OS. The lowest BCUT2D eigenvalue weighted by Crippen LogP contribution is -2.30. The molecule has 6 nitrogen and oxygen atoms in total. The van der Waals surface area contributed by atoms with Gasteiger partial charge in [-0.25, -0.2) is 9.97 Å². The number of carbonyl (C=O) groups is 1. The lowest BCUT2D eigenvalue weighted by molar-refractivity contribution is 0.0953. The minimum Gasteiger partial charge on any atom is -0.354 e. The summed E-state index contributed by atoms with van der Waals surface area (Å²) in [5.74, 6) is 1.51. The van der Waals surface area contributed by atoms with Gasteiger partial charge in [0, 0.05) is 34.4 Å². The number of halogens is 1. The number of piperidine rings is 1. The van der Waals surface area contributed by atoms with Crippen molar-refractivity contribution in [1.82, 2.24) is 20.2 Å². The molecular weight excluding hydrogens is 498 g/mol. The van der Waals surface area contributed by atoms with Crippen molar-refractivity contribution in [3.8, 4) is 10.6 Å². The molecule has 2 aromatic heterocycles. The highest BCUT2D eigenvalue weighted by atomic mass is 79.9. The van der Waals surface area contributed by atoms with Crippen LogP contribution in [0.5, 0.6) is 0 Å². The second-order valence-electron chi connectivity index (χ2n) is 9.28. The number of carbonyl (C=O) groups excluding carboxylic acids is 1. The van der Waals surface area contributed by atoms with Gasteiger partial charge in [0.25, 0.3) is 5.91 Å². The number of nitrogens with zero attached hydrogens (tertiary/aromatic N) is 3. The van der Waals surface area contributed by atoms with Crippen molar-refractivity contribution in [2.45, 2.75) is 44.6 Å². The molecule has 5 rings (SSSR count). The lowest BCUT2D eigenvalue weighted by atomic mass is 9.92. The first kappa shape index (κ1) is 22.7. The van der Waals surface area contributed by atoms with Crippen LogP contribution in [0.15, 0.2) is 34.9 Å². The molecule has 0 spiro atoms. The fraction of sp³-hybridized carbons (Fsp3) is 0.480. The van der Waals surface area contributed by atoms with Crippen molar-refractivity contribution in [3.63, 3.8) is 0 Å². The number of amides is 1. The molecule has 174 valence electrons. The van der Waals surface area contributed by atoms with Gasteiger partial charge in [-0.1, -0.05) is 6.07 Å². The van der Waals surface area contributed by atoms with Crippen LogP contribution in [-0.4, -0.2) is 53.5 Å². The van der Waals surface area contributed by atoms with E-state index in [0.29, 0.717) is 12.0 Å². The van der Waals surface area contributed by atoms with Gasteiger partial charge in [-0.15, -0.1) is 11.3 Å². The first-order valence-electron chi connectivity index (χ1n) is 11.9. The molecule has 1 aromatic carbocycles. The third kappa shape index (κ3) is 5.55. The molecule has 2 fully saturated rings. The van der Waals surface area contributed by atoms with Crippen LogP contribution < -0.4 is 10.6 Å². The van der Waals surface area contributed by atoms with E-state index in [4.69, 9.17) is 4.98 Å². The molecule has 33 heavy (non-hydrogen) atoms. The van der Waals surface area contributed by atoms with Crippen LogP contribution in [0, 0.1) is 5.92 Å². The summed E-state index contributed by atoms with van der Waals surface area (Å²) in [5, 5.41) is 7.49. The molecule has 0 atom stereocenters. The predicted molar refractivity (Wildman–Crippen MR) is 139 cm³/mol. The fourth-order valence-corrected chi connectivity index (χ4v) is 6.06. The second-order valence-corrected chi connectivity index (χ2v) is 11.2. The van der Waals surface area contributed by atoms with E-state index in [9.17, 15) is 4.79 Å². The molecule has 2 aliphatic rings. The normalized spacial score (nSPS) is 17.4. The molecule has 1 aliphatic carbocycles. The Hall–Kier alpha value is -2.03. The average molecular weight is 529 g/mol. The van der Waals surface area contributed by atoms with Crippen LogP contribution in [0.3, 0.4) is 0 Å². The van der Waals surface area contributed by atoms with Crippen LogP contribution in [0.1, 0.15) is 48.9 Å². The number of thiophene rings is 1. The number of fused-ring (bicyclic) bond motifs is 1. The smallest absolute Gasteiger partial charge is 0.252 e. The van der Waals surface area contributed by atoms with Crippen LogP contribution >= 0.6 is 27.3 Å². The van der Waals surface area contributed by atoms with Crippen LogP contribution in [0.4, 0.5) is 5.95 Å². The number of benzene rings is 1. The first-order chi connectivity index (χ1) is 16.1. The second kappa shape index (κ2) is 10.1. The van der Waals surface area contributed by atoms with E-state index in [1.807, 2.05) is 18.3 Å². The molecule has 0 radical (unpaired) electrons. The SMILES string of the molecule is CN1CCC(CCCNc2ncc(Br)c(-c3cc4c(C(=O)NC5CC5)cccc4s3)n2)CC1. The Kier molecular flexibility index (Phi) is 6.94. The van der Waals surface area contributed by atoms with Gasteiger partial charge in [0.1, 0.15) is 5.69 Å². The number of anilines is 1. The van der Waals surface area contributed by atoms with E-state index in [1.165, 1.54) is 32.4 Å². The van der Waals surface area contributed by atoms with Gasteiger partial charge < -0.3 is 15.5 Å². The van der Waals surface area contributed by atoms with Gasteiger partial charge in [0.05, 0.1) is 9.35 Å². The summed E-state index contributed by atoms with van der Waals surface area (Å²) in [5.41, 5.74) is 1.59. The molecule has 1 amide bonds. The third-order valence-electron chi connectivity index (χ3n) is 6.61. The lowest BCUT2D eigenvalue weighted by Gasteiger charge is -2.28. The topological polar surface area (TPSA) is 70.2 Å². The Balaban J connectivity index is 1.27. The number of rotatable bonds is 8. The molecule has 2 N–H and O–H groups in total.